The van der Waals surface area contributed by atoms with Crippen molar-refractivity contribution in [2.24, 2.45) is 5.92 Å². The fourth-order valence-electron chi connectivity index (χ4n) is 5.45. The summed E-state index contributed by atoms with van der Waals surface area (Å²) in [5.74, 6) is 2.14. The molecule has 0 unspecified atom stereocenters. The van der Waals surface area contributed by atoms with E-state index in [1.807, 2.05) is 10.9 Å². The molecule has 0 amide bonds. The molecule has 42 heavy (non-hydrogen) atoms. The maximum Gasteiger partial charge on any atom is 0.140 e. The fourth-order valence-corrected chi connectivity index (χ4v) is 6.07. The van der Waals surface area contributed by atoms with Crippen LogP contribution in [0.2, 0.25) is 0 Å². The van der Waals surface area contributed by atoms with E-state index in [4.69, 9.17) is 9.47 Å². The Balaban J connectivity index is 1.38. The van der Waals surface area contributed by atoms with E-state index >= 15 is 0 Å². The van der Waals surface area contributed by atoms with Gasteiger partial charge in [-0.1, -0.05) is 55.5 Å². The molecule has 5 rings (SSSR count). The van der Waals surface area contributed by atoms with Crippen LogP contribution in [0.3, 0.4) is 0 Å². The highest BCUT2D eigenvalue weighted by molar-refractivity contribution is 8.32. The van der Waals surface area contributed by atoms with Crippen LogP contribution in [0.5, 0.6) is 5.75 Å². The van der Waals surface area contributed by atoms with E-state index in [-0.39, 0.29) is 12.6 Å². The summed E-state index contributed by atoms with van der Waals surface area (Å²) >= 11 is 0. The number of allylic oxidation sites excluding steroid dienone is 1. The molecule has 0 atom stereocenters. The Labute approximate surface area is 251 Å². The first kappa shape index (κ1) is 30.3. The number of hydrogen-bond acceptors (Lipinski definition) is 4. The van der Waals surface area contributed by atoms with Crippen LogP contribution in [0.25, 0.3) is 22.0 Å². The number of rotatable bonds is 14. The van der Waals surface area contributed by atoms with E-state index in [0.717, 1.165) is 66.2 Å². The zero-order valence-electron chi connectivity index (χ0n) is 25.4. The standard InChI is InChI=1S/C35H44FN3O2S/c1-5-33(28-9-7-6-8-10-28)35(29-11-14-32(15-12-29)41-18-17-38-24-27(22-36)25-38)30-13-16-34-31(21-30)23-37-39(34)26-40-19-20-42(2,3)4/h6-16,21,23,27H,5,17-20,22,24-26H2,1-4H3/b35-33+. The lowest BCUT2D eigenvalue weighted by Crippen LogP contribution is -2.49. The lowest BCUT2D eigenvalue weighted by molar-refractivity contribution is 0.0668. The van der Waals surface area contributed by atoms with Gasteiger partial charge in [0.1, 0.15) is 19.1 Å². The average molecular weight is 590 g/mol. The van der Waals surface area contributed by atoms with E-state index < -0.39 is 10.0 Å². The Kier molecular flexibility index (Phi) is 10.0. The van der Waals surface area contributed by atoms with Crippen LogP contribution in [0.15, 0.2) is 79.0 Å². The minimum atomic E-state index is -0.577. The van der Waals surface area contributed by atoms with Crippen molar-refractivity contribution >= 4 is 32.1 Å². The maximum absolute atomic E-state index is 12.7. The van der Waals surface area contributed by atoms with E-state index in [1.165, 1.54) is 16.7 Å². The Morgan fingerprint density at radius 1 is 0.929 bits per heavy atom. The molecular formula is C35H44FN3O2S. The number of halogens is 1. The maximum atomic E-state index is 12.7. The Morgan fingerprint density at radius 3 is 2.36 bits per heavy atom. The van der Waals surface area contributed by atoms with Gasteiger partial charge in [-0.15, -0.1) is 0 Å². The number of ether oxygens (including phenoxy) is 2. The second-order valence-electron chi connectivity index (χ2n) is 12.0. The van der Waals surface area contributed by atoms with Crippen molar-refractivity contribution in [3.63, 3.8) is 0 Å². The molecule has 0 saturated carbocycles. The zero-order chi connectivity index (χ0) is 29.5. The minimum Gasteiger partial charge on any atom is -0.492 e. The molecule has 5 nitrogen and oxygen atoms in total. The fraction of sp³-hybridized carbons (Fsp3) is 0.400. The molecule has 0 bridgehead atoms. The molecular weight excluding hydrogens is 545 g/mol. The van der Waals surface area contributed by atoms with Gasteiger partial charge in [0.15, 0.2) is 0 Å². The van der Waals surface area contributed by atoms with Crippen LogP contribution in [-0.4, -0.2) is 78.7 Å². The summed E-state index contributed by atoms with van der Waals surface area (Å²) in [5, 5.41) is 5.74. The summed E-state index contributed by atoms with van der Waals surface area (Å²) in [6, 6.07) is 25.7. The predicted octanol–water partition coefficient (Wildman–Crippen LogP) is 7.35. The highest BCUT2D eigenvalue weighted by Gasteiger charge is 2.25. The lowest BCUT2D eigenvalue weighted by Gasteiger charge is -2.37. The number of fused-ring (bicyclic) bond motifs is 1. The molecule has 0 radical (unpaired) electrons. The number of likely N-dealkylation sites (tertiary alicyclic amines) is 1. The molecule has 7 heteroatoms. The highest BCUT2D eigenvalue weighted by Crippen LogP contribution is 2.36. The summed E-state index contributed by atoms with van der Waals surface area (Å²) in [4.78, 5) is 2.24. The molecule has 0 aliphatic carbocycles. The van der Waals surface area contributed by atoms with Crippen molar-refractivity contribution in [2.45, 2.75) is 20.1 Å². The number of benzene rings is 3. The van der Waals surface area contributed by atoms with E-state index in [9.17, 15) is 4.39 Å². The first-order valence-corrected chi connectivity index (χ1v) is 17.9. The van der Waals surface area contributed by atoms with Crippen LogP contribution in [0.1, 0.15) is 30.0 Å². The van der Waals surface area contributed by atoms with Crippen molar-refractivity contribution in [3.8, 4) is 5.75 Å². The average Bonchev–Trinajstić information content (AvgIpc) is 3.37. The number of hydrogen-bond donors (Lipinski definition) is 0. The molecule has 0 spiro atoms. The van der Waals surface area contributed by atoms with Gasteiger partial charge in [-0.3, -0.25) is 9.29 Å². The second-order valence-corrected chi connectivity index (χ2v) is 16.6. The molecule has 1 aliphatic rings. The van der Waals surface area contributed by atoms with Crippen molar-refractivity contribution in [3.05, 3.63) is 95.7 Å². The van der Waals surface area contributed by atoms with E-state index in [2.05, 4.69) is 108 Å². The lowest BCUT2D eigenvalue weighted by atomic mass is 9.88. The third kappa shape index (κ3) is 7.63. The van der Waals surface area contributed by atoms with Crippen LogP contribution >= 0.6 is 10.0 Å². The molecule has 1 fully saturated rings. The predicted molar refractivity (Wildman–Crippen MR) is 176 cm³/mol. The van der Waals surface area contributed by atoms with E-state index in [0.29, 0.717) is 13.3 Å². The van der Waals surface area contributed by atoms with Crippen molar-refractivity contribution in [1.82, 2.24) is 14.7 Å². The quantitative estimate of drug-likeness (QED) is 0.114. The number of nitrogens with zero attached hydrogens (tertiary/aromatic N) is 3. The Morgan fingerprint density at radius 2 is 1.67 bits per heavy atom. The van der Waals surface area contributed by atoms with E-state index in [1.54, 1.807) is 0 Å². The molecule has 1 saturated heterocycles. The summed E-state index contributed by atoms with van der Waals surface area (Å²) in [7, 11) is -0.577. The van der Waals surface area contributed by atoms with Gasteiger partial charge in [-0.2, -0.15) is 5.10 Å². The first-order valence-electron chi connectivity index (χ1n) is 14.8. The normalized spacial score (nSPS) is 15.5. The Bertz CT molecular complexity index is 1470. The Hall–Kier alpha value is -3.13. The summed E-state index contributed by atoms with van der Waals surface area (Å²) in [6.45, 7) is 6.30. The summed E-state index contributed by atoms with van der Waals surface area (Å²) in [5.41, 5.74) is 7.12. The van der Waals surface area contributed by atoms with Crippen molar-refractivity contribution < 1.29 is 13.9 Å². The third-order valence-corrected chi connectivity index (χ3v) is 9.22. The third-order valence-electron chi connectivity index (χ3n) is 7.83. The second kappa shape index (κ2) is 13.9. The molecule has 0 N–H and O–H groups in total. The molecule has 224 valence electrons. The van der Waals surface area contributed by atoms with Gasteiger partial charge in [0.05, 0.1) is 25.0 Å². The smallest absolute Gasteiger partial charge is 0.140 e. The topological polar surface area (TPSA) is 39.5 Å². The van der Waals surface area contributed by atoms with Crippen LogP contribution in [-0.2, 0) is 11.5 Å². The minimum absolute atomic E-state index is 0.202. The van der Waals surface area contributed by atoms with Gasteiger partial charge in [0, 0.05) is 36.7 Å². The molecule has 2 heterocycles. The highest BCUT2D eigenvalue weighted by atomic mass is 32.3. The van der Waals surface area contributed by atoms with Crippen molar-refractivity contribution in [2.75, 3.05) is 64.0 Å². The number of aromatic nitrogens is 2. The molecule has 1 aliphatic heterocycles. The number of alkyl halides is 1. The van der Waals surface area contributed by atoms with Gasteiger partial charge in [-0.05, 0) is 77.3 Å². The van der Waals surface area contributed by atoms with Gasteiger partial charge in [0.25, 0.3) is 0 Å². The SMILES string of the molecule is CC/C(=C(/c1ccc(OCCN2CC(CF)C2)cc1)c1ccc2c(cnn2COCCS(C)(C)C)c1)c1ccccc1. The first-order chi connectivity index (χ1) is 20.3. The molecule has 4 aromatic rings. The van der Waals surface area contributed by atoms with Crippen LogP contribution in [0.4, 0.5) is 4.39 Å². The van der Waals surface area contributed by atoms with Gasteiger partial charge in [-0.25, -0.2) is 14.7 Å². The van der Waals surface area contributed by atoms with Crippen LogP contribution < -0.4 is 4.74 Å². The largest absolute Gasteiger partial charge is 0.492 e. The summed E-state index contributed by atoms with van der Waals surface area (Å²) in [6.07, 6.45) is 9.77. The van der Waals surface area contributed by atoms with Gasteiger partial charge >= 0.3 is 0 Å². The molecule has 1 aromatic heterocycles. The van der Waals surface area contributed by atoms with Gasteiger partial charge < -0.3 is 9.47 Å². The molecule has 3 aromatic carbocycles. The van der Waals surface area contributed by atoms with Gasteiger partial charge in [0.2, 0.25) is 0 Å². The summed E-state index contributed by atoms with van der Waals surface area (Å²) < 4.78 is 26.7. The van der Waals surface area contributed by atoms with Crippen LogP contribution in [0, 0.1) is 5.92 Å². The van der Waals surface area contributed by atoms with Crippen molar-refractivity contribution in [1.29, 1.82) is 0 Å². The zero-order valence-corrected chi connectivity index (χ0v) is 26.2. The monoisotopic (exact) mass is 589 g/mol.